The van der Waals surface area contributed by atoms with Crippen LogP contribution in [0.5, 0.6) is 0 Å². The van der Waals surface area contributed by atoms with Gasteiger partial charge in [0.25, 0.3) is 5.92 Å². The summed E-state index contributed by atoms with van der Waals surface area (Å²) in [6, 6.07) is -0.341. The molecule has 0 radical (unpaired) electrons. The summed E-state index contributed by atoms with van der Waals surface area (Å²) in [5, 5.41) is 2.88. The second-order valence-electron chi connectivity index (χ2n) is 8.23. The first-order valence-corrected chi connectivity index (χ1v) is 9.23. The third-order valence-electron chi connectivity index (χ3n) is 6.43. The van der Waals surface area contributed by atoms with Crippen molar-refractivity contribution in [1.29, 1.82) is 0 Å². The lowest BCUT2D eigenvalue weighted by atomic mass is 9.76. The quantitative estimate of drug-likeness (QED) is 0.905. The zero-order valence-electron chi connectivity index (χ0n) is 14.7. The second-order valence-corrected chi connectivity index (χ2v) is 8.23. The van der Waals surface area contributed by atoms with E-state index in [4.69, 9.17) is 0 Å². The molecule has 1 aromatic rings. The highest BCUT2D eigenvalue weighted by molar-refractivity contribution is 5.80. The highest BCUT2D eigenvalue weighted by atomic mass is 19.3. The lowest BCUT2D eigenvalue weighted by molar-refractivity contribution is -0.135. The number of aryl methyl sites for hydroxylation is 1. The number of aromatic nitrogens is 2. The lowest BCUT2D eigenvalue weighted by Gasteiger charge is -2.38. The molecule has 3 fully saturated rings. The molecule has 4 rings (SSSR count). The third kappa shape index (κ3) is 3.18. The van der Waals surface area contributed by atoms with Gasteiger partial charge in [-0.05, 0) is 31.2 Å². The Bertz CT molecular complexity index is 653. The fourth-order valence-corrected chi connectivity index (χ4v) is 4.99. The third-order valence-corrected chi connectivity index (χ3v) is 6.43. The number of amides is 1. The van der Waals surface area contributed by atoms with Crippen LogP contribution >= 0.6 is 0 Å². The molecule has 1 amide bonds. The summed E-state index contributed by atoms with van der Waals surface area (Å²) < 4.78 is 28.0. The van der Waals surface area contributed by atoms with Crippen molar-refractivity contribution >= 4 is 5.91 Å². The van der Waals surface area contributed by atoms with E-state index >= 15 is 0 Å². The molecule has 0 bridgehead atoms. The number of nitrogens with one attached hydrogen (secondary N) is 1. The summed E-state index contributed by atoms with van der Waals surface area (Å²) >= 11 is 0. The Hall–Kier alpha value is -1.50. The molecule has 2 saturated carbocycles. The molecule has 1 saturated heterocycles. The normalized spacial score (nSPS) is 32.2. The number of hydrogen-bond acceptors (Lipinski definition) is 3. The average Bonchev–Trinajstić information content (AvgIpc) is 3.21. The summed E-state index contributed by atoms with van der Waals surface area (Å²) in [7, 11) is 1.99. The van der Waals surface area contributed by atoms with E-state index in [1.54, 1.807) is 6.33 Å². The number of carbonyl (C=O) groups is 1. The molecule has 7 heteroatoms. The highest BCUT2D eigenvalue weighted by Gasteiger charge is 2.52. The van der Waals surface area contributed by atoms with Crippen molar-refractivity contribution < 1.29 is 13.6 Å². The predicted molar refractivity (Wildman–Crippen MR) is 89.0 cm³/mol. The number of halogens is 2. The van der Waals surface area contributed by atoms with E-state index in [1.807, 2.05) is 17.8 Å². The lowest BCUT2D eigenvalue weighted by Crippen LogP contribution is -2.53. The topological polar surface area (TPSA) is 50.2 Å². The van der Waals surface area contributed by atoms with Gasteiger partial charge in [0.05, 0.1) is 12.0 Å². The Balaban J connectivity index is 1.37. The fraction of sp³-hybridized carbons (Fsp3) is 0.778. The minimum Gasteiger partial charge on any atom is -0.353 e. The van der Waals surface area contributed by atoms with Gasteiger partial charge >= 0.3 is 0 Å². The van der Waals surface area contributed by atoms with Gasteiger partial charge in [-0.3, -0.25) is 9.69 Å². The van der Waals surface area contributed by atoms with E-state index in [-0.39, 0.29) is 36.1 Å². The number of imidazole rings is 1. The minimum atomic E-state index is -2.58. The first-order valence-electron chi connectivity index (χ1n) is 9.23. The predicted octanol–water partition coefficient (Wildman–Crippen LogP) is 2.33. The second kappa shape index (κ2) is 6.04. The van der Waals surface area contributed by atoms with Crippen LogP contribution in [0.15, 0.2) is 12.5 Å². The van der Waals surface area contributed by atoms with E-state index in [0.29, 0.717) is 0 Å². The maximum absolute atomic E-state index is 13.0. The van der Waals surface area contributed by atoms with Crippen molar-refractivity contribution in [1.82, 2.24) is 19.8 Å². The molecule has 1 aromatic heterocycles. The number of nitrogens with zero attached hydrogens (tertiary/aromatic N) is 3. The van der Waals surface area contributed by atoms with Crippen LogP contribution in [-0.2, 0) is 18.4 Å². The molecule has 138 valence electrons. The van der Waals surface area contributed by atoms with Crippen LogP contribution in [0.3, 0.4) is 0 Å². The molecule has 1 aliphatic heterocycles. The number of alkyl halides is 2. The Morgan fingerprint density at radius 2 is 2.20 bits per heavy atom. The maximum Gasteiger partial charge on any atom is 0.252 e. The fourth-order valence-electron chi connectivity index (χ4n) is 4.99. The monoisotopic (exact) mass is 352 g/mol. The molecule has 5 nitrogen and oxygen atoms in total. The Morgan fingerprint density at radius 3 is 2.88 bits per heavy atom. The van der Waals surface area contributed by atoms with Gasteiger partial charge in [0.15, 0.2) is 0 Å². The molecule has 1 spiro atoms. The zero-order chi connectivity index (χ0) is 17.7. The highest BCUT2D eigenvalue weighted by Crippen LogP contribution is 2.50. The molecule has 2 heterocycles. The number of carbonyl (C=O) groups excluding carboxylic acids is 1. The van der Waals surface area contributed by atoms with Gasteiger partial charge in [-0.2, -0.15) is 0 Å². The van der Waals surface area contributed by atoms with Crippen LogP contribution in [-0.4, -0.2) is 45.4 Å². The van der Waals surface area contributed by atoms with Gasteiger partial charge in [0.1, 0.15) is 0 Å². The van der Waals surface area contributed by atoms with Crippen LogP contribution in [0, 0.1) is 11.3 Å². The van der Waals surface area contributed by atoms with Crippen molar-refractivity contribution in [2.75, 3.05) is 13.1 Å². The zero-order valence-corrected chi connectivity index (χ0v) is 14.7. The van der Waals surface area contributed by atoms with Gasteiger partial charge in [-0.1, -0.05) is 6.42 Å². The van der Waals surface area contributed by atoms with Crippen LogP contribution in [0.4, 0.5) is 8.78 Å². The van der Waals surface area contributed by atoms with Gasteiger partial charge in [-0.15, -0.1) is 0 Å². The van der Waals surface area contributed by atoms with E-state index < -0.39 is 5.92 Å². The Labute approximate surface area is 146 Å². The number of hydrogen-bond donors (Lipinski definition) is 1. The van der Waals surface area contributed by atoms with Gasteiger partial charge in [0.2, 0.25) is 5.91 Å². The standard InChI is InChI=1S/C18H26F2N4O/c1-23-12-21-9-14(23)10-24-6-5-17(11-24)4-2-3-15(17)16(25)22-13-7-18(19,20)8-13/h9,12-13,15H,2-8,10-11H2,1H3,(H,22,25)/t15-,17+/m0/s1. The molecular formula is C18H26F2N4O. The van der Waals surface area contributed by atoms with Crippen molar-refractivity contribution in [3.8, 4) is 0 Å². The van der Waals surface area contributed by atoms with Crippen molar-refractivity contribution in [3.05, 3.63) is 18.2 Å². The summed E-state index contributed by atoms with van der Waals surface area (Å²) in [5.41, 5.74) is 1.20. The largest absolute Gasteiger partial charge is 0.353 e. The van der Waals surface area contributed by atoms with Gasteiger partial charge < -0.3 is 9.88 Å². The van der Waals surface area contributed by atoms with Crippen LogP contribution in [0.25, 0.3) is 0 Å². The molecule has 0 aromatic carbocycles. The molecule has 2 aliphatic carbocycles. The Kier molecular flexibility index (Phi) is 4.09. The average molecular weight is 352 g/mol. The van der Waals surface area contributed by atoms with Crippen LogP contribution < -0.4 is 5.32 Å². The van der Waals surface area contributed by atoms with Crippen molar-refractivity contribution in [2.45, 2.75) is 57.0 Å². The Morgan fingerprint density at radius 1 is 1.40 bits per heavy atom. The van der Waals surface area contributed by atoms with Crippen molar-refractivity contribution in [2.24, 2.45) is 18.4 Å². The number of likely N-dealkylation sites (tertiary alicyclic amines) is 1. The van der Waals surface area contributed by atoms with Gasteiger partial charge in [-0.25, -0.2) is 13.8 Å². The minimum absolute atomic E-state index is 0.000355. The maximum atomic E-state index is 13.0. The van der Waals surface area contributed by atoms with Crippen LogP contribution in [0.1, 0.15) is 44.2 Å². The first kappa shape index (κ1) is 16.9. The molecule has 1 N–H and O–H groups in total. The molecule has 2 atom stereocenters. The first-order chi connectivity index (χ1) is 11.9. The molecule has 0 unspecified atom stereocenters. The smallest absolute Gasteiger partial charge is 0.252 e. The number of rotatable bonds is 4. The molecular weight excluding hydrogens is 326 g/mol. The van der Waals surface area contributed by atoms with E-state index in [1.165, 1.54) is 5.69 Å². The molecule has 3 aliphatic rings. The van der Waals surface area contributed by atoms with Crippen molar-refractivity contribution in [3.63, 3.8) is 0 Å². The summed E-state index contributed by atoms with van der Waals surface area (Å²) in [6.45, 7) is 2.75. The van der Waals surface area contributed by atoms with E-state index in [2.05, 4.69) is 15.2 Å². The molecule has 25 heavy (non-hydrogen) atoms. The van der Waals surface area contributed by atoms with Crippen LogP contribution in [0.2, 0.25) is 0 Å². The summed E-state index contributed by atoms with van der Waals surface area (Å²) in [6.07, 6.45) is 7.31. The van der Waals surface area contributed by atoms with Gasteiger partial charge in [0, 0.05) is 51.1 Å². The SMILES string of the molecule is Cn1cncc1CN1CC[C@]2(CCC[C@H]2C(=O)NC2CC(F)(F)C2)C1. The van der Waals surface area contributed by atoms with E-state index in [0.717, 1.165) is 45.3 Å². The van der Waals surface area contributed by atoms with E-state index in [9.17, 15) is 13.6 Å². The summed E-state index contributed by atoms with van der Waals surface area (Å²) in [4.78, 5) is 19.3. The summed E-state index contributed by atoms with van der Waals surface area (Å²) in [5.74, 6) is -2.61.